The van der Waals surface area contributed by atoms with Crippen LogP contribution < -0.4 is 0 Å². The van der Waals surface area contributed by atoms with E-state index in [0.717, 1.165) is 26.2 Å². The molecular formula is C17H10O2S. The first-order valence-corrected chi connectivity index (χ1v) is 7.18. The number of rotatable bonds is 1. The van der Waals surface area contributed by atoms with Crippen molar-refractivity contribution in [1.29, 1.82) is 0 Å². The molecule has 0 unspecified atom stereocenters. The lowest BCUT2D eigenvalue weighted by Gasteiger charge is -2.04. The number of carboxylic acid groups (broad SMARTS) is 1. The van der Waals surface area contributed by atoms with E-state index < -0.39 is 5.97 Å². The summed E-state index contributed by atoms with van der Waals surface area (Å²) in [6, 6.07) is 16.4. The van der Waals surface area contributed by atoms with Crippen LogP contribution in [0, 0.1) is 0 Å². The van der Waals surface area contributed by atoms with Gasteiger partial charge in [0.1, 0.15) is 0 Å². The molecule has 0 aliphatic carbocycles. The van der Waals surface area contributed by atoms with Crippen LogP contribution >= 0.6 is 11.3 Å². The van der Waals surface area contributed by atoms with Crippen molar-refractivity contribution >= 4 is 48.9 Å². The van der Waals surface area contributed by atoms with Gasteiger partial charge in [0.15, 0.2) is 0 Å². The maximum absolute atomic E-state index is 11.4. The van der Waals surface area contributed by atoms with Crippen molar-refractivity contribution in [2.75, 3.05) is 0 Å². The van der Waals surface area contributed by atoms with E-state index in [1.165, 1.54) is 16.7 Å². The van der Waals surface area contributed by atoms with Crippen molar-refractivity contribution in [2.45, 2.75) is 0 Å². The van der Waals surface area contributed by atoms with E-state index in [2.05, 4.69) is 30.3 Å². The first-order valence-electron chi connectivity index (χ1n) is 6.30. The largest absolute Gasteiger partial charge is 0.478 e. The van der Waals surface area contributed by atoms with E-state index in [-0.39, 0.29) is 0 Å². The zero-order valence-electron chi connectivity index (χ0n) is 10.5. The topological polar surface area (TPSA) is 37.3 Å². The fourth-order valence-corrected chi connectivity index (χ4v) is 3.66. The quantitative estimate of drug-likeness (QED) is 0.502. The highest BCUT2D eigenvalue weighted by Gasteiger charge is 2.13. The molecule has 3 aromatic carbocycles. The summed E-state index contributed by atoms with van der Waals surface area (Å²) in [6.07, 6.45) is 0. The molecule has 0 atom stereocenters. The van der Waals surface area contributed by atoms with Gasteiger partial charge in [0, 0.05) is 15.5 Å². The van der Waals surface area contributed by atoms with Gasteiger partial charge in [0.05, 0.1) is 5.56 Å². The lowest BCUT2D eigenvalue weighted by molar-refractivity contribution is 0.0699. The average Bonchev–Trinajstić information content (AvgIpc) is 2.89. The van der Waals surface area contributed by atoms with Crippen LogP contribution in [0.4, 0.5) is 0 Å². The van der Waals surface area contributed by atoms with E-state index in [1.54, 1.807) is 5.38 Å². The summed E-state index contributed by atoms with van der Waals surface area (Å²) < 4.78 is 1.02. The summed E-state index contributed by atoms with van der Waals surface area (Å²) in [5.74, 6) is -0.864. The number of benzene rings is 3. The summed E-state index contributed by atoms with van der Waals surface area (Å²) in [5.41, 5.74) is 0.394. The highest BCUT2D eigenvalue weighted by atomic mass is 32.1. The molecule has 96 valence electrons. The Morgan fingerprint density at radius 1 is 0.950 bits per heavy atom. The SMILES string of the molecule is O=C(O)c1csc2ccc3cc4ccccc4cc3c12. The molecule has 3 heteroatoms. The van der Waals surface area contributed by atoms with Crippen LogP contribution in [-0.2, 0) is 0 Å². The number of carbonyl (C=O) groups is 1. The number of fused-ring (bicyclic) bond motifs is 4. The van der Waals surface area contributed by atoms with Gasteiger partial charge in [0.25, 0.3) is 0 Å². The van der Waals surface area contributed by atoms with Crippen molar-refractivity contribution < 1.29 is 9.90 Å². The number of carboxylic acids is 1. The number of thiophene rings is 1. The van der Waals surface area contributed by atoms with Crippen LogP contribution in [0.25, 0.3) is 31.6 Å². The van der Waals surface area contributed by atoms with Gasteiger partial charge in [-0.1, -0.05) is 30.3 Å². The van der Waals surface area contributed by atoms with Gasteiger partial charge in [-0.05, 0) is 39.7 Å². The van der Waals surface area contributed by atoms with Gasteiger partial charge in [-0.15, -0.1) is 11.3 Å². The third kappa shape index (κ3) is 1.53. The average molecular weight is 278 g/mol. The summed E-state index contributed by atoms with van der Waals surface area (Å²) in [4.78, 5) is 11.4. The minimum atomic E-state index is -0.864. The molecule has 4 aromatic rings. The maximum Gasteiger partial charge on any atom is 0.337 e. The fourth-order valence-electron chi connectivity index (χ4n) is 2.71. The van der Waals surface area contributed by atoms with Gasteiger partial charge in [0.2, 0.25) is 0 Å². The molecular weight excluding hydrogens is 268 g/mol. The van der Waals surface area contributed by atoms with E-state index in [0.29, 0.717) is 5.56 Å². The second kappa shape index (κ2) is 4.05. The molecule has 0 bridgehead atoms. The van der Waals surface area contributed by atoms with Crippen LogP contribution in [0.1, 0.15) is 10.4 Å². The molecule has 0 saturated carbocycles. The van der Waals surface area contributed by atoms with E-state index in [9.17, 15) is 9.90 Å². The Morgan fingerprint density at radius 3 is 2.45 bits per heavy atom. The molecule has 2 nitrogen and oxygen atoms in total. The van der Waals surface area contributed by atoms with Gasteiger partial charge in [-0.2, -0.15) is 0 Å². The Kier molecular flexibility index (Phi) is 2.32. The molecule has 0 aliphatic rings. The van der Waals surface area contributed by atoms with Crippen molar-refractivity contribution in [2.24, 2.45) is 0 Å². The first kappa shape index (κ1) is 11.4. The Labute approximate surface area is 118 Å². The van der Waals surface area contributed by atoms with Gasteiger partial charge >= 0.3 is 5.97 Å². The van der Waals surface area contributed by atoms with Crippen molar-refractivity contribution in [3.05, 3.63) is 59.5 Å². The highest BCUT2D eigenvalue weighted by molar-refractivity contribution is 7.17. The molecule has 0 saturated heterocycles. The second-order valence-electron chi connectivity index (χ2n) is 4.81. The summed E-state index contributed by atoms with van der Waals surface area (Å²) >= 11 is 1.48. The standard InChI is InChI=1S/C17H10O2S/c18-17(19)14-9-20-15-6-5-12-7-10-3-1-2-4-11(10)8-13(12)16(14)15/h1-9H,(H,18,19). The molecule has 0 amide bonds. The normalized spacial score (nSPS) is 11.4. The number of aromatic carboxylic acids is 1. The zero-order chi connectivity index (χ0) is 13.7. The van der Waals surface area contributed by atoms with Crippen molar-refractivity contribution in [1.82, 2.24) is 0 Å². The minimum Gasteiger partial charge on any atom is -0.478 e. The van der Waals surface area contributed by atoms with E-state index in [4.69, 9.17) is 0 Å². The van der Waals surface area contributed by atoms with Crippen molar-refractivity contribution in [3.8, 4) is 0 Å². The Balaban J connectivity index is 2.25. The van der Waals surface area contributed by atoms with E-state index in [1.807, 2.05) is 18.2 Å². The smallest absolute Gasteiger partial charge is 0.337 e. The third-order valence-corrected chi connectivity index (χ3v) is 4.60. The van der Waals surface area contributed by atoms with Gasteiger partial charge in [-0.3, -0.25) is 0 Å². The molecule has 1 aromatic heterocycles. The Bertz CT molecular complexity index is 982. The van der Waals surface area contributed by atoms with Gasteiger partial charge < -0.3 is 5.11 Å². The summed E-state index contributed by atoms with van der Waals surface area (Å²) in [5, 5.41) is 16.3. The number of hydrogen-bond acceptors (Lipinski definition) is 2. The molecule has 0 radical (unpaired) electrons. The van der Waals surface area contributed by atoms with Crippen LogP contribution in [-0.4, -0.2) is 11.1 Å². The van der Waals surface area contributed by atoms with Crippen molar-refractivity contribution in [3.63, 3.8) is 0 Å². The van der Waals surface area contributed by atoms with E-state index >= 15 is 0 Å². The second-order valence-corrected chi connectivity index (χ2v) is 5.72. The first-order chi connectivity index (χ1) is 9.74. The molecule has 4 rings (SSSR count). The monoisotopic (exact) mass is 278 g/mol. The fraction of sp³-hybridized carbons (Fsp3) is 0. The molecule has 0 fully saturated rings. The predicted octanol–water partition coefficient (Wildman–Crippen LogP) is 4.91. The third-order valence-electron chi connectivity index (χ3n) is 3.65. The lowest BCUT2D eigenvalue weighted by Crippen LogP contribution is -1.94. The summed E-state index contributed by atoms with van der Waals surface area (Å²) in [7, 11) is 0. The number of hydrogen-bond donors (Lipinski definition) is 1. The lowest BCUT2D eigenvalue weighted by atomic mass is 9.99. The van der Waals surface area contributed by atoms with Crippen LogP contribution in [0.3, 0.4) is 0 Å². The molecule has 0 aliphatic heterocycles. The Hall–Kier alpha value is -2.39. The minimum absolute atomic E-state index is 0.394. The zero-order valence-corrected chi connectivity index (χ0v) is 11.3. The molecule has 1 heterocycles. The Morgan fingerprint density at radius 2 is 1.70 bits per heavy atom. The maximum atomic E-state index is 11.4. The molecule has 20 heavy (non-hydrogen) atoms. The molecule has 1 N–H and O–H groups in total. The molecule has 0 spiro atoms. The highest BCUT2D eigenvalue weighted by Crippen LogP contribution is 2.35. The predicted molar refractivity (Wildman–Crippen MR) is 83.8 cm³/mol. The van der Waals surface area contributed by atoms with Gasteiger partial charge in [-0.25, -0.2) is 4.79 Å². The van der Waals surface area contributed by atoms with Crippen LogP contribution in [0.5, 0.6) is 0 Å². The summed E-state index contributed by atoms with van der Waals surface area (Å²) in [6.45, 7) is 0. The van der Waals surface area contributed by atoms with Crippen LogP contribution in [0.2, 0.25) is 0 Å². The van der Waals surface area contributed by atoms with Crippen LogP contribution in [0.15, 0.2) is 53.9 Å².